The van der Waals surface area contributed by atoms with Crippen molar-refractivity contribution in [2.45, 2.75) is 11.3 Å². The lowest BCUT2D eigenvalue weighted by molar-refractivity contribution is -0.119. The fourth-order valence-corrected chi connectivity index (χ4v) is 3.14. The van der Waals surface area contributed by atoms with Gasteiger partial charge in [-0.3, -0.25) is 20.4 Å². The predicted molar refractivity (Wildman–Crippen MR) is 84.6 cm³/mol. The maximum atomic E-state index is 11.8. The highest BCUT2D eigenvalue weighted by Crippen LogP contribution is 2.21. The van der Waals surface area contributed by atoms with Crippen molar-refractivity contribution in [3.8, 4) is 0 Å². The average molecular weight is 342 g/mol. The van der Waals surface area contributed by atoms with Gasteiger partial charge in [-0.25, -0.2) is 4.98 Å². The molecule has 0 saturated carbocycles. The van der Waals surface area contributed by atoms with Gasteiger partial charge in [0, 0.05) is 21.7 Å². The highest BCUT2D eigenvalue weighted by molar-refractivity contribution is 8.01. The Morgan fingerprint density at radius 2 is 2.00 bits per heavy atom. The lowest BCUT2D eigenvalue weighted by atomic mass is 10.2. The van der Waals surface area contributed by atoms with E-state index in [1.54, 1.807) is 24.3 Å². The predicted octanol–water partition coefficient (Wildman–Crippen LogP) is 2.66. The minimum absolute atomic E-state index is 0.188. The van der Waals surface area contributed by atoms with Crippen LogP contribution in [0.4, 0.5) is 0 Å². The number of hydrogen-bond acceptors (Lipinski definition) is 5. The fourth-order valence-electron chi connectivity index (χ4n) is 1.36. The van der Waals surface area contributed by atoms with E-state index in [4.69, 9.17) is 11.6 Å². The SMILES string of the molecule is Cc1csc(SCC(=O)NNC(=O)c2ccc(Cl)cc2)n1. The van der Waals surface area contributed by atoms with Crippen LogP contribution in [0.5, 0.6) is 0 Å². The Bertz CT molecular complexity index is 643. The molecule has 110 valence electrons. The molecule has 0 atom stereocenters. The number of halogens is 1. The number of amides is 2. The summed E-state index contributed by atoms with van der Waals surface area (Å²) in [5, 5.41) is 2.47. The summed E-state index contributed by atoms with van der Waals surface area (Å²) < 4.78 is 0.826. The fraction of sp³-hybridized carbons (Fsp3) is 0.154. The van der Waals surface area contributed by atoms with E-state index in [0.717, 1.165) is 10.0 Å². The van der Waals surface area contributed by atoms with Gasteiger partial charge in [-0.1, -0.05) is 23.4 Å². The van der Waals surface area contributed by atoms with Crippen LogP contribution in [0.25, 0.3) is 0 Å². The number of thiazole rings is 1. The third-order valence-electron chi connectivity index (χ3n) is 2.35. The Hall–Kier alpha value is -1.57. The molecule has 0 saturated heterocycles. The molecule has 0 aliphatic carbocycles. The zero-order chi connectivity index (χ0) is 15.2. The number of hydrazine groups is 1. The van der Waals surface area contributed by atoms with Gasteiger partial charge in [0.15, 0.2) is 4.34 Å². The molecule has 0 aliphatic heterocycles. The van der Waals surface area contributed by atoms with Crippen molar-refractivity contribution < 1.29 is 9.59 Å². The highest BCUT2D eigenvalue weighted by Gasteiger charge is 2.08. The maximum Gasteiger partial charge on any atom is 0.269 e. The number of rotatable bonds is 4. The van der Waals surface area contributed by atoms with E-state index in [2.05, 4.69) is 15.8 Å². The van der Waals surface area contributed by atoms with Gasteiger partial charge in [0.25, 0.3) is 5.91 Å². The smallest absolute Gasteiger partial charge is 0.269 e. The first kappa shape index (κ1) is 15.8. The minimum Gasteiger partial charge on any atom is -0.272 e. The minimum atomic E-state index is -0.393. The molecule has 8 heteroatoms. The number of aromatic nitrogens is 1. The summed E-state index contributed by atoms with van der Waals surface area (Å²) in [6.45, 7) is 1.90. The van der Waals surface area contributed by atoms with Crippen molar-refractivity contribution in [2.24, 2.45) is 0 Å². The molecule has 1 heterocycles. The quantitative estimate of drug-likeness (QED) is 0.662. The molecule has 0 radical (unpaired) electrons. The van der Waals surface area contributed by atoms with Gasteiger partial charge in [0.1, 0.15) is 0 Å². The summed E-state index contributed by atoms with van der Waals surface area (Å²) in [6, 6.07) is 6.38. The number of nitrogens with zero attached hydrogens (tertiary/aromatic N) is 1. The van der Waals surface area contributed by atoms with Crippen LogP contribution in [0.1, 0.15) is 16.1 Å². The first-order valence-corrected chi connectivity index (χ1v) is 8.18. The Morgan fingerprint density at radius 1 is 1.29 bits per heavy atom. The molecule has 2 N–H and O–H groups in total. The topological polar surface area (TPSA) is 71.1 Å². The van der Waals surface area contributed by atoms with E-state index in [-0.39, 0.29) is 11.7 Å². The second kappa shape index (κ2) is 7.44. The van der Waals surface area contributed by atoms with E-state index in [1.807, 2.05) is 12.3 Å². The molecule has 2 rings (SSSR count). The van der Waals surface area contributed by atoms with Gasteiger partial charge < -0.3 is 0 Å². The monoisotopic (exact) mass is 341 g/mol. The van der Waals surface area contributed by atoms with Crippen molar-refractivity contribution in [2.75, 3.05) is 5.75 Å². The molecule has 0 fully saturated rings. The lowest BCUT2D eigenvalue weighted by Crippen LogP contribution is -2.42. The lowest BCUT2D eigenvalue weighted by Gasteiger charge is -2.06. The zero-order valence-corrected chi connectivity index (χ0v) is 13.4. The van der Waals surface area contributed by atoms with Crippen LogP contribution in [0, 0.1) is 6.92 Å². The number of nitrogens with one attached hydrogen (secondary N) is 2. The van der Waals surface area contributed by atoms with E-state index >= 15 is 0 Å². The largest absolute Gasteiger partial charge is 0.272 e. The molecule has 5 nitrogen and oxygen atoms in total. The summed E-state index contributed by atoms with van der Waals surface area (Å²) in [4.78, 5) is 27.6. The van der Waals surface area contributed by atoms with Crippen LogP contribution in [0.15, 0.2) is 34.0 Å². The molecule has 1 aromatic heterocycles. The van der Waals surface area contributed by atoms with Gasteiger partial charge in [0.2, 0.25) is 5.91 Å². The van der Waals surface area contributed by atoms with Crippen molar-refractivity contribution in [1.82, 2.24) is 15.8 Å². The number of thioether (sulfide) groups is 1. The summed E-state index contributed by atoms with van der Waals surface area (Å²) >= 11 is 8.55. The van der Waals surface area contributed by atoms with Crippen LogP contribution in [-0.4, -0.2) is 22.6 Å². The van der Waals surface area contributed by atoms with Crippen molar-refractivity contribution >= 4 is 46.5 Å². The number of carbonyl (C=O) groups is 2. The third kappa shape index (κ3) is 5.04. The molecule has 0 spiro atoms. The molecule has 0 unspecified atom stereocenters. The summed E-state index contributed by atoms with van der Waals surface area (Å²) in [5.41, 5.74) is 6.05. The molecule has 0 bridgehead atoms. The van der Waals surface area contributed by atoms with E-state index in [9.17, 15) is 9.59 Å². The summed E-state index contributed by atoms with van der Waals surface area (Å²) in [5.74, 6) is -0.501. The van der Waals surface area contributed by atoms with Gasteiger partial charge in [0.05, 0.1) is 5.75 Å². The van der Waals surface area contributed by atoms with Gasteiger partial charge in [-0.2, -0.15) is 0 Å². The summed E-state index contributed by atoms with van der Waals surface area (Å²) in [7, 11) is 0. The average Bonchev–Trinajstić information content (AvgIpc) is 2.89. The molecule has 1 aromatic carbocycles. The molecular formula is C13H12ClN3O2S2. The van der Waals surface area contributed by atoms with E-state index in [1.165, 1.54) is 23.1 Å². The Morgan fingerprint density at radius 3 is 2.62 bits per heavy atom. The van der Waals surface area contributed by atoms with Crippen LogP contribution in [0.3, 0.4) is 0 Å². The van der Waals surface area contributed by atoms with Gasteiger partial charge >= 0.3 is 0 Å². The van der Waals surface area contributed by atoms with E-state index < -0.39 is 5.91 Å². The van der Waals surface area contributed by atoms with E-state index in [0.29, 0.717) is 10.6 Å². The molecule has 2 amide bonds. The van der Waals surface area contributed by atoms with Crippen molar-refractivity contribution in [3.63, 3.8) is 0 Å². The van der Waals surface area contributed by atoms with Crippen molar-refractivity contribution in [3.05, 3.63) is 45.9 Å². The van der Waals surface area contributed by atoms with Crippen LogP contribution < -0.4 is 10.9 Å². The van der Waals surface area contributed by atoms with Crippen LogP contribution in [-0.2, 0) is 4.79 Å². The first-order valence-electron chi connectivity index (χ1n) is 5.94. The number of aryl methyl sites for hydroxylation is 1. The normalized spacial score (nSPS) is 10.2. The molecule has 0 aliphatic rings. The molecular weight excluding hydrogens is 330 g/mol. The van der Waals surface area contributed by atoms with Gasteiger partial charge in [-0.05, 0) is 31.2 Å². The van der Waals surface area contributed by atoms with Crippen LogP contribution in [0.2, 0.25) is 5.02 Å². The maximum absolute atomic E-state index is 11.8. The zero-order valence-electron chi connectivity index (χ0n) is 11.1. The van der Waals surface area contributed by atoms with Gasteiger partial charge in [-0.15, -0.1) is 11.3 Å². The Labute approximate surface area is 135 Å². The van der Waals surface area contributed by atoms with Crippen molar-refractivity contribution in [1.29, 1.82) is 0 Å². The van der Waals surface area contributed by atoms with Crippen LogP contribution >= 0.6 is 34.7 Å². The second-order valence-corrected chi connectivity index (χ2v) is 6.57. The summed E-state index contributed by atoms with van der Waals surface area (Å²) in [6.07, 6.45) is 0. The molecule has 2 aromatic rings. The second-order valence-electron chi connectivity index (χ2n) is 4.05. The Balaban J connectivity index is 1.75. The molecule has 21 heavy (non-hydrogen) atoms. The standard InChI is InChI=1S/C13H12ClN3O2S2/c1-8-6-20-13(15-8)21-7-11(18)16-17-12(19)9-2-4-10(14)5-3-9/h2-6H,7H2,1H3,(H,16,18)(H,17,19). The number of hydrogen-bond donors (Lipinski definition) is 2. The number of carbonyl (C=O) groups excluding carboxylic acids is 2. The third-order valence-corrected chi connectivity index (χ3v) is 4.74. The highest BCUT2D eigenvalue weighted by atomic mass is 35.5. The number of benzene rings is 1. The Kier molecular flexibility index (Phi) is 5.60. The first-order chi connectivity index (χ1) is 10.0.